The molecule has 0 aromatic rings. The zero-order valence-electron chi connectivity index (χ0n) is 10.3. The Morgan fingerprint density at radius 3 is 2.50 bits per heavy atom. The molecule has 2 aliphatic rings. The molecule has 0 radical (unpaired) electrons. The smallest absolute Gasteiger partial charge is 0.227 e. The number of amides is 1. The van der Waals surface area contributed by atoms with Gasteiger partial charge in [0, 0.05) is 12.6 Å². The lowest BCUT2D eigenvalue weighted by Gasteiger charge is -2.29. The maximum Gasteiger partial charge on any atom is 0.227 e. The van der Waals surface area contributed by atoms with Gasteiger partial charge in [0.15, 0.2) is 0 Å². The van der Waals surface area contributed by atoms with E-state index in [1.807, 2.05) is 0 Å². The van der Waals surface area contributed by atoms with E-state index in [9.17, 15) is 4.79 Å². The molecule has 3 nitrogen and oxygen atoms in total. The van der Waals surface area contributed by atoms with Crippen molar-refractivity contribution >= 4 is 5.91 Å². The van der Waals surface area contributed by atoms with E-state index in [1.54, 1.807) is 0 Å². The molecule has 2 aliphatic carbocycles. The zero-order valence-corrected chi connectivity index (χ0v) is 10.3. The number of hydrogen-bond donors (Lipinski definition) is 2. The third-order valence-electron chi connectivity index (χ3n) is 4.44. The number of hydrogen-bond acceptors (Lipinski definition) is 2. The van der Waals surface area contributed by atoms with Crippen LogP contribution in [0.3, 0.4) is 0 Å². The van der Waals surface area contributed by atoms with Crippen molar-refractivity contribution in [3.05, 3.63) is 0 Å². The third-order valence-corrected chi connectivity index (χ3v) is 4.44. The Kier molecular flexibility index (Phi) is 3.53. The highest BCUT2D eigenvalue weighted by atomic mass is 16.2. The van der Waals surface area contributed by atoms with Gasteiger partial charge >= 0.3 is 0 Å². The summed E-state index contributed by atoms with van der Waals surface area (Å²) >= 11 is 0. The second-order valence-electron chi connectivity index (χ2n) is 5.64. The molecule has 16 heavy (non-hydrogen) atoms. The Labute approximate surface area is 98.2 Å². The van der Waals surface area contributed by atoms with E-state index in [0.717, 1.165) is 12.8 Å². The van der Waals surface area contributed by atoms with Gasteiger partial charge in [-0.3, -0.25) is 4.79 Å². The monoisotopic (exact) mass is 224 g/mol. The van der Waals surface area contributed by atoms with Crippen LogP contribution >= 0.6 is 0 Å². The molecule has 0 aromatic heterocycles. The van der Waals surface area contributed by atoms with E-state index in [1.165, 1.54) is 32.1 Å². The minimum Gasteiger partial charge on any atom is -0.353 e. The molecule has 0 aliphatic heterocycles. The quantitative estimate of drug-likeness (QED) is 0.765. The Balaban J connectivity index is 1.82. The predicted molar refractivity (Wildman–Crippen MR) is 64.9 cm³/mol. The van der Waals surface area contributed by atoms with Gasteiger partial charge in [0.2, 0.25) is 5.91 Å². The Hall–Kier alpha value is -0.570. The van der Waals surface area contributed by atoms with Gasteiger partial charge in [-0.25, -0.2) is 0 Å². The van der Waals surface area contributed by atoms with Gasteiger partial charge in [0.05, 0.1) is 5.41 Å². The zero-order chi connectivity index (χ0) is 11.6. The molecule has 0 saturated heterocycles. The summed E-state index contributed by atoms with van der Waals surface area (Å²) in [6.07, 6.45) is 8.53. The summed E-state index contributed by atoms with van der Waals surface area (Å²) < 4.78 is 0. The molecule has 1 atom stereocenters. The lowest BCUT2D eigenvalue weighted by Crippen LogP contribution is -2.44. The Morgan fingerprint density at radius 2 is 2.00 bits per heavy atom. The summed E-state index contributed by atoms with van der Waals surface area (Å²) in [7, 11) is 0. The molecule has 0 spiro atoms. The molecule has 2 fully saturated rings. The summed E-state index contributed by atoms with van der Waals surface area (Å²) in [5, 5.41) is 3.18. The highest BCUT2D eigenvalue weighted by Gasteiger charge is 2.48. The molecular weight excluding hydrogens is 200 g/mol. The SMILES string of the molecule is C[C@H](NC(=O)C1(CN)CC1)C1CCCCC1. The van der Waals surface area contributed by atoms with Gasteiger partial charge < -0.3 is 11.1 Å². The van der Waals surface area contributed by atoms with Gasteiger partial charge in [-0.15, -0.1) is 0 Å². The molecular formula is C13H24N2O. The van der Waals surface area contributed by atoms with Gasteiger partial charge in [0.25, 0.3) is 0 Å². The molecule has 0 heterocycles. The average Bonchev–Trinajstić information content (AvgIpc) is 3.11. The fraction of sp³-hybridized carbons (Fsp3) is 0.923. The van der Waals surface area contributed by atoms with Crippen molar-refractivity contribution in [3.63, 3.8) is 0 Å². The van der Waals surface area contributed by atoms with Crippen molar-refractivity contribution < 1.29 is 4.79 Å². The summed E-state index contributed by atoms with van der Waals surface area (Å²) in [6, 6.07) is 0.330. The lowest BCUT2D eigenvalue weighted by molar-refractivity contribution is -0.127. The van der Waals surface area contributed by atoms with Crippen LogP contribution < -0.4 is 11.1 Å². The van der Waals surface area contributed by atoms with Gasteiger partial charge in [-0.1, -0.05) is 19.3 Å². The second-order valence-corrected chi connectivity index (χ2v) is 5.64. The van der Waals surface area contributed by atoms with Crippen molar-refractivity contribution in [2.45, 2.75) is 57.9 Å². The molecule has 2 saturated carbocycles. The molecule has 0 unspecified atom stereocenters. The van der Waals surface area contributed by atoms with Crippen LogP contribution in [0, 0.1) is 11.3 Å². The van der Waals surface area contributed by atoms with Gasteiger partial charge in [-0.05, 0) is 38.5 Å². The number of rotatable bonds is 4. The molecule has 1 amide bonds. The highest BCUT2D eigenvalue weighted by Crippen LogP contribution is 2.44. The largest absolute Gasteiger partial charge is 0.353 e. The van der Waals surface area contributed by atoms with E-state index in [0.29, 0.717) is 18.5 Å². The van der Waals surface area contributed by atoms with Crippen LogP contribution in [0.5, 0.6) is 0 Å². The van der Waals surface area contributed by atoms with Crippen LogP contribution in [0.4, 0.5) is 0 Å². The maximum atomic E-state index is 12.0. The van der Waals surface area contributed by atoms with E-state index in [-0.39, 0.29) is 11.3 Å². The van der Waals surface area contributed by atoms with E-state index in [2.05, 4.69) is 12.2 Å². The summed E-state index contributed by atoms with van der Waals surface area (Å²) in [5.41, 5.74) is 5.47. The van der Waals surface area contributed by atoms with Crippen molar-refractivity contribution in [1.29, 1.82) is 0 Å². The number of carbonyl (C=O) groups is 1. The molecule has 92 valence electrons. The molecule has 3 heteroatoms. The molecule has 2 rings (SSSR count). The van der Waals surface area contributed by atoms with Crippen LogP contribution in [-0.2, 0) is 4.79 Å². The topological polar surface area (TPSA) is 55.1 Å². The highest BCUT2D eigenvalue weighted by molar-refractivity contribution is 5.85. The Morgan fingerprint density at radius 1 is 1.38 bits per heavy atom. The minimum atomic E-state index is -0.192. The molecule has 3 N–H and O–H groups in total. The van der Waals surface area contributed by atoms with Crippen molar-refractivity contribution in [2.75, 3.05) is 6.54 Å². The molecule has 0 bridgehead atoms. The fourth-order valence-corrected chi connectivity index (χ4v) is 2.79. The minimum absolute atomic E-state index is 0.192. The first-order chi connectivity index (χ1) is 7.68. The van der Waals surface area contributed by atoms with Crippen LogP contribution in [0.25, 0.3) is 0 Å². The number of nitrogens with two attached hydrogens (primary N) is 1. The van der Waals surface area contributed by atoms with Gasteiger partial charge in [-0.2, -0.15) is 0 Å². The van der Waals surface area contributed by atoms with E-state index in [4.69, 9.17) is 5.73 Å². The summed E-state index contributed by atoms with van der Waals surface area (Å²) in [4.78, 5) is 12.0. The summed E-state index contributed by atoms with van der Waals surface area (Å²) in [6.45, 7) is 2.66. The van der Waals surface area contributed by atoms with Crippen LogP contribution in [0.15, 0.2) is 0 Å². The van der Waals surface area contributed by atoms with Crippen LogP contribution in [0.1, 0.15) is 51.9 Å². The van der Waals surface area contributed by atoms with Crippen LogP contribution in [-0.4, -0.2) is 18.5 Å². The van der Waals surface area contributed by atoms with E-state index < -0.39 is 0 Å². The Bertz CT molecular complexity index is 255. The lowest BCUT2D eigenvalue weighted by atomic mass is 9.84. The summed E-state index contributed by atoms with van der Waals surface area (Å²) in [5.74, 6) is 0.888. The first-order valence-corrected chi connectivity index (χ1v) is 6.69. The number of nitrogens with one attached hydrogen (secondary N) is 1. The van der Waals surface area contributed by atoms with Crippen molar-refractivity contribution in [3.8, 4) is 0 Å². The predicted octanol–water partition coefficient (Wildman–Crippen LogP) is 1.81. The van der Waals surface area contributed by atoms with E-state index >= 15 is 0 Å². The average molecular weight is 224 g/mol. The molecule has 0 aromatic carbocycles. The number of carbonyl (C=O) groups excluding carboxylic acids is 1. The maximum absolute atomic E-state index is 12.0. The third kappa shape index (κ3) is 2.40. The standard InChI is InChI=1S/C13H24N2O/c1-10(11-5-3-2-4-6-11)15-12(16)13(9-14)7-8-13/h10-11H,2-9,14H2,1H3,(H,15,16)/t10-/m0/s1. The first-order valence-electron chi connectivity index (χ1n) is 6.69. The van der Waals surface area contributed by atoms with Gasteiger partial charge in [0.1, 0.15) is 0 Å². The normalized spacial score (nSPS) is 26.1. The van der Waals surface area contributed by atoms with Crippen molar-refractivity contribution in [1.82, 2.24) is 5.32 Å². The van der Waals surface area contributed by atoms with Crippen molar-refractivity contribution in [2.24, 2.45) is 17.1 Å². The van der Waals surface area contributed by atoms with Crippen LogP contribution in [0.2, 0.25) is 0 Å². The first kappa shape index (κ1) is 11.9. The fourth-order valence-electron chi connectivity index (χ4n) is 2.79. The second kappa shape index (κ2) is 4.74.